The Morgan fingerprint density at radius 3 is 2.65 bits per heavy atom. The lowest BCUT2D eigenvalue weighted by molar-refractivity contribution is 0.220. The van der Waals surface area contributed by atoms with Crippen molar-refractivity contribution in [2.75, 3.05) is 13.7 Å². The Balaban J connectivity index is 1.92. The smallest absolute Gasteiger partial charge is 0.122 e. The van der Waals surface area contributed by atoms with Crippen LogP contribution in [0.25, 0.3) is 0 Å². The molecule has 3 rings (SSSR count). The number of methoxy groups -OCH3 is 1. The highest BCUT2D eigenvalue weighted by molar-refractivity contribution is 5.44. The number of benzene rings is 2. The Bertz CT molecular complexity index is 634. The number of ether oxygens (including phenoxy) is 2. The van der Waals surface area contributed by atoms with Crippen LogP contribution < -0.4 is 9.47 Å². The molecule has 0 spiro atoms. The molecule has 2 aromatic rings. The molecule has 0 fully saturated rings. The number of hydrogen-bond donors (Lipinski definition) is 1. The molecule has 0 saturated heterocycles. The third-order valence-corrected chi connectivity index (χ3v) is 3.76. The highest BCUT2D eigenvalue weighted by Crippen LogP contribution is 2.31. The van der Waals surface area contributed by atoms with Gasteiger partial charge in [-0.05, 0) is 53.4 Å². The van der Waals surface area contributed by atoms with Crippen molar-refractivity contribution in [1.82, 2.24) is 0 Å². The van der Waals surface area contributed by atoms with Gasteiger partial charge in [0.05, 0.1) is 13.7 Å². The summed E-state index contributed by atoms with van der Waals surface area (Å²) in [5.74, 6) is 1.77. The summed E-state index contributed by atoms with van der Waals surface area (Å²) in [7, 11) is 1.65. The van der Waals surface area contributed by atoms with E-state index in [-0.39, 0.29) is 0 Å². The van der Waals surface area contributed by atoms with Crippen molar-refractivity contribution in [3.63, 3.8) is 0 Å². The van der Waals surface area contributed by atoms with Gasteiger partial charge in [-0.3, -0.25) is 0 Å². The average molecular weight is 270 g/mol. The van der Waals surface area contributed by atoms with Gasteiger partial charge < -0.3 is 14.6 Å². The first-order valence-corrected chi connectivity index (χ1v) is 6.77. The largest absolute Gasteiger partial charge is 0.496 e. The first-order valence-electron chi connectivity index (χ1n) is 6.77. The van der Waals surface area contributed by atoms with E-state index in [1.165, 1.54) is 5.56 Å². The summed E-state index contributed by atoms with van der Waals surface area (Å²) in [6.07, 6.45) is 0.294. The lowest BCUT2D eigenvalue weighted by Crippen LogP contribution is -2.01. The van der Waals surface area contributed by atoms with Crippen molar-refractivity contribution in [2.24, 2.45) is 0 Å². The van der Waals surface area contributed by atoms with Crippen LogP contribution in [0.4, 0.5) is 0 Å². The zero-order valence-electron chi connectivity index (χ0n) is 11.7. The van der Waals surface area contributed by atoms with Gasteiger partial charge in [0.1, 0.15) is 17.6 Å². The summed E-state index contributed by atoms with van der Waals surface area (Å²) in [4.78, 5) is 0. The second kappa shape index (κ2) is 5.17. The molecular formula is C17H18O3. The molecule has 3 nitrogen and oxygen atoms in total. The molecule has 1 unspecified atom stereocenters. The molecule has 1 N–H and O–H groups in total. The summed E-state index contributed by atoms with van der Waals surface area (Å²) >= 11 is 0. The van der Waals surface area contributed by atoms with Crippen LogP contribution in [0, 0.1) is 6.92 Å². The predicted octanol–water partition coefficient (Wildman–Crippen LogP) is 3.02. The van der Waals surface area contributed by atoms with E-state index in [9.17, 15) is 5.11 Å². The lowest BCUT2D eigenvalue weighted by atomic mass is 9.97. The van der Waals surface area contributed by atoms with Gasteiger partial charge in [-0.1, -0.05) is 12.1 Å². The molecule has 20 heavy (non-hydrogen) atoms. The quantitative estimate of drug-likeness (QED) is 0.931. The molecule has 0 bridgehead atoms. The van der Waals surface area contributed by atoms with Crippen molar-refractivity contribution >= 4 is 0 Å². The van der Waals surface area contributed by atoms with Crippen LogP contribution in [-0.2, 0) is 6.42 Å². The summed E-state index contributed by atoms with van der Waals surface area (Å²) in [5, 5.41) is 10.5. The Kier molecular flexibility index (Phi) is 3.36. The van der Waals surface area contributed by atoms with Crippen molar-refractivity contribution in [2.45, 2.75) is 19.4 Å². The number of aliphatic hydroxyl groups excluding tert-OH is 1. The fourth-order valence-electron chi connectivity index (χ4n) is 2.64. The third kappa shape index (κ3) is 2.25. The first-order chi connectivity index (χ1) is 9.69. The average Bonchev–Trinajstić information content (AvgIpc) is 2.93. The monoisotopic (exact) mass is 270 g/mol. The van der Waals surface area contributed by atoms with E-state index in [2.05, 4.69) is 0 Å². The SMILES string of the molecule is COc1ccc(C(O)c2ccc3c(c2)CCO3)cc1C. The van der Waals surface area contributed by atoms with Crippen LogP contribution in [0.5, 0.6) is 11.5 Å². The number of hydrogen-bond acceptors (Lipinski definition) is 3. The highest BCUT2D eigenvalue weighted by Gasteiger charge is 2.17. The van der Waals surface area contributed by atoms with Crippen LogP contribution >= 0.6 is 0 Å². The standard InChI is InChI=1S/C17H18O3/c1-11-9-13(3-5-15(11)19-2)17(18)14-4-6-16-12(10-14)7-8-20-16/h3-6,9-10,17-18H,7-8H2,1-2H3. The maximum atomic E-state index is 10.5. The summed E-state index contributed by atoms with van der Waals surface area (Å²) in [5.41, 5.74) is 3.97. The van der Waals surface area contributed by atoms with E-state index in [1.54, 1.807) is 7.11 Å². The predicted molar refractivity (Wildman–Crippen MR) is 77.4 cm³/mol. The van der Waals surface area contributed by atoms with Gasteiger partial charge in [-0.25, -0.2) is 0 Å². The highest BCUT2D eigenvalue weighted by atomic mass is 16.5. The van der Waals surface area contributed by atoms with E-state index in [0.717, 1.165) is 41.2 Å². The summed E-state index contributed by atoms with van der Waals surface area (Å²) in [6, 6.07) is 11.7. The molecule has 0 radical (unpaired) electrons. The Morgan fingerprint density at radius 1 is 1.15 bits per heavy atom. The van der Waals surface area contributed by atoms with E-state index in [1.807, 2.05) is 43.3 Å². The molecule has 0 amide bonds. The van der Waals surface area contributed by atoms with Gasteiger partial charge in [0, 0.05) is 6.42 Å². The second-order valence-corrected chi connectivity index (χ2v) is 5.10. The molecule has 104 valence electrons. The second-order valence-electron chi connectivity index (χ2n) is 5.10. The first kappa shape index (κ1) is 13.0. The van der Waals surface area contributed by atoms with Crippen molar-refractivity contribution in [1.29, 1.82) is 0 Å². The van der Waals surface area contributed by atoms with Crippen LogP contribution in [0.15, 0.2) is 36.4 Å². The molecule has 1 heterocycles. The number of rotatable bonds is 3. The Labute approximate surface area is 118 Å². The van der Waals surface area contributed by atoms with Gasteiger partial charge in [-0.2, -0.15) is 0 Å². The van der Waals surface area contributed by atoms with Crippen LogP contribution in [-0.4, -0.2) is 18.8 Å². The van der Waals surface area contributed by atoms with E-state index >= 15 is 0 Å². The maximum absolute atomic E-state index is 10.5. The molecule has 0 saturated carbocycles. The van der Waals surface area contributed by atoms with Gasteiger partial charge >= 0.3 is 0 Å². The Morgan fingerprint density at radius 2 is 1.90 bits per heavy atom. The molecule has 1 aliphatic heterocycles. The molecule has 0 aliphatic carbocycles. The topological polar surface area (TPSA) is 38.7 Å². The number of aliphatic hydroxyl groups is 1. The molecule has 1 aliphatic rings. The Hall–Kier alpha value is -2.00. The van der Waals surface area contributed by atoms with Crippen LogP contribution in [0.1, 0.15) is 28.4 Å². The zero-order chi connectivity index (χ0) is 14.1. The minimum Gasteiger partial charge on any atom is -0.496 e. The molecule has 0 aromatic heterocycles. The van der Waals surface area contributed by atoms with Gasteiger partial charge in [0.25, 0.3) is 0 Å². The van der Waals surface area contributed by atoms with Crippen molar-refractivity contribution in [3.05, 3.63) is 58.7 Å². The minimum atomic E-state index is -0.620. The summed E-state index contributed by atoms with van der Waals surface area (Å²) in [6.45, 7) is 2.71. The maximum Gasteiger partial charge on any atom is 0.122 e. The van der Waals surface area contributed by atoms with Crippen molar-refractivity contribution in [3.8, 4) is 11.5 Å². The molecule has 1 atom stereocenters. The molecular weight excluding hydrogens is 252 g/mol. The molecule has 2 aromatic carbocycles. The van der Waals surface area contributed by atoms with Crippen LogP contribution in [0.2, 0.25) is 0 Å². The fourth-order valence-corrected chi connectivity index (χ4v) is 2.64. The van der Waals surface area contributed by atoms with Gasteiger partial charge in [-0.15, -0.1) is 0 Å². The van der Waals surface area contributed by atoms with Gasteiger partial charge in [0.15, 0.2) is 0 Å². The van der Waals surface area contributed by atoms with Crippen molar-refractivity contribution < 1.29 is 14.6 Å². The van der Waals surface area contributed by atoms with Crippen LogP contribution in [0.3, 0.4) is 0 Å². The molecule has 3 heteroatoms. The van der Waals surface area contributed by atoms with E-state index in [4.69, 9.17) is 9.47 Å². The fraction of sp³-hybridized carbons (Fsp3) is 0.294. The third-order valence-electron chi connectivity index (χ3n) is 3.76. The van der Waals surface area contributed by atoms with E-state index < -0.39 is 6.10 Å². The lowest BCUT2D eigenvalue weighted by Gasteiger charge is -2.14. The van der Waals surface area contributed by atoms with E-state index in [0.29, 0.717) is 0 Å². The number of aryl methyl sites for hydroxylation is 1. The zero-order valence-corrected chi connectivity index (χ0v) is 11.7. The number of fused-ring (bicyclic) bond motifs is 1. The minimum absolute atomic E-state index is 0.620. The normalized spacial score (nSPS) is 14.6. The van der Waals surface area contributed by atoms with Gasteiger partial charge in [0.2, 0.25) is 0 Å². The summed E-state index contributed by atoms with van der Waals surface area (Å²) < 4.78 is 10.7.